The van der Waals surface area contributed by atoms with E-state index in [1.54, 1.807) is 4.90 Å². The van der Waals surface area contributed by atoms with Crippen molar-refractivity contribution in [1.82, 2.24) is 10.2 Å². The van der Waals surface area contributed by atoms with Crippen LogP contribution >= 0.6 is 12.6 Å². The quantitative estimate of drug-likeness (QED) is 0.444. The Morgan fingerprint density at radius 2 is 1.74 bits per heavy atom. The van der Waals surface area contributed by atoms with Crippen LogP contribution in [0.25, 0.3) is 0 Å². The van der Waals surface area contributed by atoms with Gasteiger partial charge in [-0.1, -0.05) is 57.7 Å². The first-order chi connectivity index (χ1) is 12.3. The molecule has 0 aliphatic heterocycles. The van der Waals surface area contributed by atoms with Crippen LogP contribution in [0.3, 0.4) is 0 Å². The van der Waals surface area contributed by atoms with Crippen LogP contribution in [0.5, 0.6) is 0 Å². The minimum absolute atomic E-state index is 0.120. The first kappa shape index (κ1) is 23.8. The molecule has 0 spiro atoms. The molecule has 1 aromatic rings. The summed E-state index contributed by atoms with van der Waals surface area (Å²) in [5.41, 5.74) is 0.730. The van der Waals surface area contributed by atoms with Crippen molar-refractivity contribution in [1.29, 1.82) is 0 Å². The molecule has 0 saturated heterocycles. The zero-order chi connectivity index (χ0) is 20.9. The number of hydrogen-bond donors (Lipinski definition) is 2. The number of nitrogens with one attached hydrogen (secondary N) is 1. The van der Waals surface area contributed by atoms with E-state index < -0.39 is 13.9 Å². The molecule has 0 fully saturated rings. The van der Waals surface area contributed by atoms with Gasteiger partial charge in [0, 0.05) is 13.1 Å². The van der Waals surface area contributed by atoms with E-state index in [4.69, 9.17) is 4.43 Å². The second-order valence-corrected chi connectivity index (χ2v) is 14.3. The highest BCUT2D eigenvalue weighted by Gasteiger charge is 2.41. The average Bonchev–Trinajstić information content (AvgIpc) is 2.52. The molecule has 0 bridgehead atoms. The fraction of sp³-hybridized carbons (Fsp3) is 0.571. The third kappa shape index (κ3) is 7.72. The average molecular weight is 409 g/mol. The van der Waals surface area contributed by atoms with Gasteiger partial charge in [-0.3, -0.25) is 4.90 Å². The Bertz CT molecular complexity index is 639. The number of urea groups is 1. The molecule has 0 unspecified atom stereocenters. The number of amides is 2. The summed E-state index contributed by atoms with van der Waals surface area (Å²) in [6.45, 7) is 19.9. The first-order valence-electron chi connectivity index (χ1n) is 9.42. The van der Waals surface area contributed by atoms with Crippen molar-refractivity contribution in [2.24, 2.45) is 0 Å². The van der Waals surface area contributed by atoms with Crippen LogP contribution in [0.1, 0.15) is 40.2 Å². The fourth-order valence-electron chi connectivity index (χ4n) is 2.50. The summed E-state index contributed by atoms with van der Waals surface area (Å²) in [5.74, 6) is 0. The second-order valence-electron chi connectivity index (χ2n) is 9.08. The van der Waals surface area contributed by atoms with E-state index in [2.05, 4.69) is 58.4 Å². The Hall–Kier alpha value is -1.24. The second kappa shape index (κ2) is 9.30. The molecular formula is C21H36N2O2SSi. The lowest BCUT2D eigenvalue weighted by Crippen LogP contribution is -2.53. The van der Waals surface area contributed by atoms with Gasteiger partial charge in [0.05, 0.1) is 10.6 Å². The molecule has 0 aliphatic carbocycles. The van der Waals surface area contributed by atoms with E-state index in [0.717, 1.165) is 6.42 Å². The molecule has 27 heavy (non-hydrogen) atoms. The third-order valence-electron chi connectivity index (χ3n) is 5.03. The smallest absolute Gasteiger partial charge is 0.322 e. The molecule has 6 heteroatoms. The molecule has 152 valence electrons. The van der Waals surface area contributed by atoms with Gasteiger partial charge < -0.3 is 9.74 Å². The van der Waals surface area contributed by atoms with Crippen molar-refractivity contribution in [3.63, 3.8) is 0 Å². The van der Waals surface area contributed by atoms with Crippen LogP contribution in [0.2, 0.25) is 18.1 Å². The zero-order valence-corrected chi connectivity index (χ0v) is 19.8. The van der Waals surface area contributed by atoms with Crippen LogP contribution in [-0.2, 0) is 10.8 Å². The topological polar surface area (TPSA) is 41.6 Å². The highest BCUT2D eigenvalue weighted by molar-refractivity contribution is 7.84. The van der Waals surface area contributed by atoms with Crippen LogP contribution in [0.15, 0.2) is 41.9 Å². The predicted molar refractivity (Wildman–Crippen MR) is 121 cm³/mol. The SMILES string of the molecule is C=C(S)N(CCc1ccccc1)C(=O)NCC(C)(C)O[Si](C)(C)C(C)(C)C. The summed E-state index contributed by atoms with van der Waals surface area (Å²) >= 11 is 4.30. The van der Waals surface area contributed by atoms with Gasteiger partial charge in [-0.2, -0.15) is 0 Å². The van der Waals surface area contributed by atoms with Crippen LogP contribution in [0, 0.1) is 0 Å². The van der Waals surface area contributed by atoms with E-state index >= 15 is 0 Å². The number of benzene rings is 1. The fourth-order valence-corrected chi connectivity index (χ4v) is 4.45. The van der Waals surface area contributed by atoms with Crippen LogP contribution in [0.4, 0.5) is 4.79 Å². The van der Waals surface area contributed by atoms with E-state index in [0.29, 0.717) is 18.1 Å². The number of rotatable bonds is 8. The number of carbonyl (C=O) groups is 1. The van der Waals surface area contributed by atoms with Crippen molar-refractivity contribution >= 4 is 27.0 Å². The van der Waals surface area contributed by atoms with Crippen molar-refractivity contribution in [2.45, 2.75) is 64.8 Å². The number of hydrogen-bond acceptors (Lipinski definition) is 3. The lowest BCUT2D eigenvalue weighted by atomic mass is 10.1. The summed E-state index contributed by atoms with van der Waals surface area (Å²) in [6.07, 6.45) is 0.748. The molecule has 0 atom stereocenters. The third-order valence-corrected chi connectivity index (χ3v) is 9.94. The molecule has 0 aromatic heterocycles. The number of thiol groups is 1. The first-order valence-corrected chi connectivity index (χ1v) is 12.8. The van der Waals surface area contributed by atoms with Crippen molar-refractivity contribution in [3.8, 4) is 0 Å². The summed E-state index contributed by atoms with van der Waals surface area (Å²) in [4.78, 5) is 14.2. The Balaban J connectivity index is 2.66. The highest BCUT2D eigenvalue weighted by atomic mass is 32.1. The molecule has 0 radical (unpaired) electrons. The van der Waals surface area contributed by atoms with Crippen LogP contribution in [-0.4, -0.2) is 37.9 Å². The maximum absolute atomic E-state index is 12.7. The molecule has 1 rings (SSSR count). The van der Waals surface area contributed by atoms with E-state index in [9.17, 15) is 4.79 Å². The van der Waals surface area contributed by atoms with Gasteiger partial charge in [-0.15, -0.1) is 12.6 Å². The lowest BCUT2D eigenvalue weighted by Gasteiger charge is -2.43. The minimum atomic E-state index is -1.92. The summed E-state index contributed by atoms with van der Waals surface area (Å²) in [7, 11) is -1.92. The van der Waals surface area contributed by atoms with Crippen molar-refractivity contribution < 1.29 is 9.22 Å². The predicted octanol–water partition coefficient (Wildman–Crippen LogP) is 5.44. The van der Waals surface area contributed by atoms with Gasteiger partial charge in [0.15, 0.2) is 8.32 Å². The van der Waals surface area contributed by atoms with Gasteiger partial charge in [-0.25, -0.2) is 4.79 Å². The highest BCUT2D eigenvalue weighted by Crippen LogP contribution is 2.38. The standard InChI is InChI=1S/C21H36N2O2SSi/c1-17(26)23(15-14-18-12-10-9-11-13-18)19(24)22-16-21(5,6)25-27(7,8)20(2,3)4/h9-13,26H,1,14-16H2,2-8H3,(H,22,24). The summed E-state index contributed by atoms with van der Waals surface area (Å²) in [6, 6.07) is 9.88. The minimum Gasteiger partial charge on any atom is -0.410 e. The van der Waals surface area contributed by atoms with Gasteiger partial charge in [0.2, 0.25) is 0 Å². The molecule has 1 N–H and O–H groups in total. The largest absolute Gasteiger partial charge is 0.410 e. The summed E-state index contributed by atoms with van der Waals surface area (Å²) < 4.78 is 6.47. The van der Waals surface area contributed by atoms with E-state index in [1.165, 1.54) is 5.56 Å². The lowest BCUT2D eigenvalue weighted by molar-refractivity contribution is 0.0909. The Morgan fingerprint density at radius 1 is 1.19 bits per heavy atom. The molecule has 4 nitrogen and oxygen atoms in total. The number of carbonyl (C=O) groups excluding carboxylic acids is 1. The number of nitrogens with zero attached hydrogens (tertiary/aromatic N) is 1. The monoisotopic (exact) mass is 408 g/mol. The molecular weight excluding hydrogens is 372 g/mol. The molecule has 0 aliphatic rings. The van der Waals surface area contributed by atoms with Crippen molar-refractivity contribution in [3.05, 3.63) is 47.5 Å². The Kier molecular flexibility index (Phi) is 8.20. The summed E-state index contributed by atoms with van der Waals surface area (Å²) in [5, 5.41) is 3.55. The zero-order valence-electron chi connectivity index (χ0n) is 17.9. The van der Waals surface area contributed by atoms with E-state index in [-0.39, 0.29) is 11.1 Å². The van der Waals surface area contributed by atoms with Gasteiger partial charge in [0.25, 0.3) is 0 Å². The van der Waals surface area contributed by atoms with Gasteiger partial charge in [-0.05, 0) is 44.0 Å². The molecule has 2 amide bonds. The van der Waals surface area contributed by atoms with Crippen molar-refractivity contribution in [2.75, 3.05) is 13.1 Å². The van der Waals surface area contributed by atoms with Crippen LogP contribution < -0.4 is 5.32 Å². The normalized spacial score (nSPS) is 12.6. The van der Waals surface area contributed by atoms with E-state index in [1.807, 2.05) is 44.2 Å². The Morgan fingerprint density at radius 3 is 2.22 bits per heavy atom. The van der Waals surface area contributed by atoms with Gasteiger partial charge in [0.1, 0.15) is 0 Å². The maximum atomic E-state index is 12.7. The molecule has 0 saturated carbocycles. The maximum Gasteiger partial charge on any atom is 0.322 e. The Labute approximate surface area is 171 Å². The molecule has 0 heterocycles. The van der Waals surface area contributed by atoms with Gasteiger partial charge >= 0.3 is 6.03 Å². The molecule has 1 aromatic carbocycles.